The monoisotopic (exact) mass is 247 g/mol. The smallest absolute Gasteiger partial charge is 0.324 e. The first-order chi connectivity index (χ1) is 8.63. The Kier molecular flexibility index (Phi) is 4.02. The molecular formula is C15H21NO2. The van der Waals surface area contributed by atoms with E-state index < -0.39 is 11.5 Å². The average Bonchev–Trinajstić information content (AvgIpc) is 2.40. The van der Waals surface area contributed by atoms with E-state index in [0.717, 1.165) is 31.2 Å². The van der Waals surface area contributed by atoms with E-state index in [1.807, 2.05) is 30.3 Å². The minimum Gasteiger partial charge on any atom is -0.480 e. The summed E-state index contributed by atoms with van der Waals surface area (Å²) in [6, 6.07) is 9.70. The van der Waals surface area contributed by atoms with E-state index in [2.05, 4.69) is 0 Å². The molecule has 1 saturated carbocycles. The Labute approximate surface area is 108 Å². The normalized spacial score (nSPS) is 20.3. The number of rotatable bonds is 4. The fraction of sp³-hybridized carbons (Fsp3) is 0.533. The first-order valence-electron chi connectivity index (χ1n) is 6.69. The van der Waals surface area contributed by atoms with Crippen molar-refractivity contribution in [1.82, 2.24) is 0 Å². The zero-order chi connectivity index (χ0) is 13.0. The topological polar surface area (TPSA) is 63.3 Å². The van der Waals surface area contributed by atoms with Gasteiger partial charge in [-0.3, -0.25) is 4.79 Å². The van der Waals surface area contributed by atoms with Gasteiger partial charge in [-0.25, -0.2) is 0 Å². The van der Waals surface area contributed by atoms with Crippen molar-refractivity contribution in [1.29, 1.82) is 0 Å². The molecule has 3 nitrogen and oxygen atoms in total. The molecular weight excluding hydrogens is 226 g/mol. The molecule has 98 valence electrons. The van der Waals surface area contributed by atoms with Crippen LogP contribution in [-0.4, -0.2) is 16.6 Å². The second-order valence-corrected chi connectivity index (χ2v) is 5.34. The molecule has 1 aromatic carbocycles. The van der Waals surface area contributed by atoms with Crippen molar-refractivity contribution >= 4 is 5.97 Å². The van der Waals surface area contributed by atoms with Crippen LogP contribution in [0.1, 0.15) is 37.7 Å². The van der Waals surface area contributed by atoms with Crippen LogP contribution >= 0.6 is 0 Å². The highest BCUT2D eigenvalue weighted by molar-refractivity contribution is 5.79. The van der Waals surface area contributed by atoms with Crippen molar-refractivity contribution in [3.8, 4) is 0 Å². The number of carboxylic acids is 1. The summed E-state index contributed by atoms with van der Waals surface area (Å²) in [4.78, 5) is 11.6. The average molecular weight is 247 g/mol. The lowest BCUT2D eigenvalue weighted by Gasteiger charge is -2.36. The molecule has 1 fully saturated rings. The summed E-state index contributed by atoms with van der Waals surface area (Å²) in [6.07, 6.45) is 5.72. The first kappa shape index (κ1) is 13.1. The van der Waals surface area contributed by atoms with Crippen LogP contribution in [0.15, 0.2) is 30.3 Å². The van der Waals surface area contributed by atoms with E-state index in [9.17, 15) is 9.90 Å². The van der Waals surface area contributed by atoms with Gasteiger partial charge in [-0.2, -0.15) is 0 Å². The number of hydrogen-bond acceptors (Lipinski definition) is 2. The van der Waals surface area contributed by atoms with Gasteiger partial charge in [0.2, 0.25) is 0 Å². The molecule has 3 N–H and O–H groups in total. The fourth-order valence-corrected chi connectivity index (χ4v) is 2.95. The Morgan fingerprint density at radius 3 is 2.39 bits per heavy atom. The molecule has 1 aliphatic carbocycles. The minimum atomic E-state index is -1.11. The summed E-state index contributed by atoms with van der Waals surface area (Å²) in [5.41, 5.74) is 6.15. The molecule has 0 heterocycles. The van der Waals surface area contributed by atoms with Gasteiger partial charge in [0, 0.05) is 6.42 Å². The van der Waals surface area contributed by atoms with E-state index >= 15 is 0 Å². The third kappa shape index (κ3) is 2.72. The summed E-state index contributed by atoms with van der Waals surface area (Å²) < 4.78 is 0. The van der Waals surface area contributed by atoms with E-state index in [-0.39, 0.29) is 5.92 Å². The van der Waals surface area contributed by atoms with E-state index in [0.29, 0.717) is 6.42 Å². The second kappa shape index (κ2) is 5.53. The molecule has 0 aliphatic heterocycles. The molecule has 0 radical (unpaired) electrons. The molecule has 0 spiro atoms. The van der Waals surface area contributed by atoms with Crippen LogP contribution in [0.25, 0.3) is 0 Å². The van der Waals surface area contributed by atoms with Crippen molar-refractivity contribution in [3.05, 3.63) is 35.9 Å². The molecule has 0 aromatic heterocycles. The highest BCUT2D eigenvalue weighted by Crippen LogP contribution is 2.33. The Morgan fingerprint density at radius 2 is 1.83 bits per heavy atom. The van der Waals surface area contributed by atoms with Crippen LogP contribution in [0.3, 0.4) is 0 Å². The standard InChI is InChI=1S/C15H21NO2/c16-15(14(17)18,13-9-5-2-6-10-13)11-12-7-3-1-4-8-12/h1,3-4,7-8,13H,2,5-6,9-11,16H2,(H,17,18)/t15-/m0/s1. The predicted molar refractivity (Wildman–Crippen MR) is 71.3 cm³/mol. The van der Waals surface area contributed by atoms with Gasteiger partial charge in [-0.15, -0.1) is 0 Å². The van der Waals surface area contributed by atoms with E-state index in [1.165, 1.54) is 6.42 Å². The molecule has 0 bridgehead atoms. The van der Waals surface area contributed by atoms with Gasteiger partial charge in [0.1, 0.15) is 5.54 Å². The third-order valence-corrected chi connectivity index (χ3v) is 4.07. The van der Waals surface area contributed by atoms with Gasteiger partial charge in [0.15, 0.2) is 0 Å². The molecule has 18 heavy (non-hydrogen) atoms. The SMILES string of the molecule is N[C@](Cc1ccccc1)(C(=O)O)C1CCCCC1. The van der Waals surface area contributed by atoms with Crippen LogP contribution < -0.4 is 5.73 Å². The first-order valence-corrected chi connectivity index (χ1v) is 6.69. The van der Waals surface area contributed by atoms with E-state index in [4.69, 9.17) is 5.73 Å². The molecule has 1 aliphatic rings. The van der Waals surface area contributed by atoms with Gasteiger partial charge >= 0.3 is 5.97 Å². The minimum absolute atomic E-state index is 0.101. The van der Waals surface area contributed by atoms with Gasteiger partial charge in [-0.05, 0) is 24.3 Å². The molecule has 0 amide bonds. The molecule has 1 atom stereocenters. The lowest BCUT2D eigenvalue weighted by molar-refractivity contribution is -0.146. The number of aliphatic carboxylic acids is 1. The maximum absolute atomic E-state index is 11.6. The van der Waals surface area contributed by atoms with Crippen LogP contribution in [0.4, 0.5) is 0 Å². The van der Waals surface area contributed by atoms with Crippen molar-refractivity contribution in [2.45, 2.75) is 44.1 Å². The number of hydrogen-bond donors (Lipinski definition) is 2. The Hall–Kier alpha value is -1.35. The highest BCUT2D eigenvalue weighted by Gasteiger charge is 2.42. The predicted octanol–water partition coefficient (Wildman–Crippen LogP) is 2.59. The molecule has 2 rings (SSSR count). The van der Waals surface area contributed by atoms with Gasteiger partial charge < -0.3 is 10.8 Å². The van der Waals surface area contributed by atoms with Crippen molar-refractivity contribution in [3.63, 3.8) is 0 Å². The van der Waals surface area contributed by atoms with Crippen LogP contribution in [0.2, 0.25) is 0 Å². The number of nitrogens with two attached hydrogens (primary N) is 1. The maximum Gasteiger partial charge on any atom is 0.324 e. The van der Waals surface area contributed by atoms with E-state index in [1.54, 1.807) is 0 Å². The molecule has 3 heteroatoms. The Bertz CT molecular complexity index is 398. The molecule has 1 aromatic rings. The maximum atomic E-state index is 11.6. The molecule has 0 saturated heterocycles. The number of carbonyl (C=O) groups is 1. The number of benzene rings is 1. The Morgan fingerprint density at radius 1 is 1.22 bits per heavy atom. The van der Waals surface area contributed by atoms with Crippen LogP contribution in [0.5, 0.6) is 0 Å². The van der Waals surface area contributed by atoms with Crippen molar-refractivity contribution in [2.24, 2.45) is 11.7 Å². The zero-order valence-electron chi connectivity index (χ0n) is 10.6. The zero-order valence-corrected chi connectivity index (χ0v) is 10.6. The van der Waals surface area contributed by atoms with Crippen molar-refractivity contribution in [2.75, 3.05) is 0 Å². The lowest BCUT2D eigenvalue weighted by atomic mass is 9.72. The number of carboxylic acid groups (broad SMARTS) is 1. The second-order valence-electron chi connectivity index (χ2n) is 5.34. The highest BCUT2D eigenvalue weighted by atomic mass is 16.4. The van der Waals surface area contributed by atoms with Crippen molar-refractivity contribution < 1.29 is 9.90 Å². The van der Waals surface area contributed by atoms with Gasteiger partial charge in [0.05, 0.1) is 0 Å². The van der Waals surface area contributed by atoms with Gasteiger partial charge in [0.25, 0.3) is 0 Å². The fourth-order valence-electron chi connectivity index (χ4n) is 2.95. The summed E-state index contributed by atoms with van der Waals surface area (Å²) in [5.74, 6) is -0.762. The summed E-state index contributed by atoms with van der Waals surface area (Å²) >= 11 is 0. The van der Waals surface area contributed by atoms with Gasteiger partial charge in [-0.1, -0.05) is 49.6 Å². The summed E-state index contributed by atoms with van der Waals surface area (Å²) in [6.45, 7) is 0. The summed E-state index contributed by atoms with van der Waals surface area (Å²) in [7, 11) is 0. The van der Waals surface area contributed by atoms with Crippen LogP contribution in [0, 0.1) is 5.92 Å². The molecule has 0 unspecified atom stereocenters. The quantitative estimate of drug-likeness (QED) is 0.859. The summed E-state index contributed by atoms with van der Waals surface area (Å²) in [5, 5.41) is 9.52. The Balaban J connectivity index is 2.18. The largest absolute Gasteiger partial charge is 0.480 e. The lowest BCUT2D eigenvalue weighted by Crippen LogP contribution is -2.56. The van der Waals surface area contributed by atoms with Crippen LogP contribution in [-0.2, 0) is 11.2 Å². The third-order valence-electron chi connectivity index (χ3n) is 4.07.